The number of hydrazone groups is 1. The Morgan fingerprint density at radius 1 is 1.22 bits per heavy atom. The quantitative estimate of drug-likeness (QED) is 0.626. The van der Waals surface area contributed by atoms with Gasteiger partial charge in [-0.15, -0.1) is 0 Å². The number of carbonyl (C=O) groups is 2. The molecule has 118 valence electrons. The second-order valence-electron chi connectivity index (χ2n) is 4.53. The summed E-state index contributed by atoms with van der Waals surface area (Å²) in [6.07, 6.45) is 1.49. The first-order chi connectivity index (χ1) is 11.0. The molecule has 0 aliphatic rings. The minimum atomic E-state index is -0.542. The monoisotopic (exact) mass is 331 g/mol. The van der Waals surface area contributed by atoms with Gasteiger partial charge < -0.3 is 10.5 Å². The molecular formula is C16H14ClN3O3. The molecule has 0 saturated carbocycles. The maximum atomic E-state index is 11.8. The summed E-state index contributed by atoms with van der Waals surface area (Å²) in [6.45, 7) is -0.177. The number of nitrogens with zero attached hydrogens (tertiary/aromatic N) is 1. The Bertz CT molecular complexity index is 730. The van der Waals surface area contributed by atoms with Gasteiger partial charge in [-0.2, -0.15) is 5.10 Å². The number of amides is 2. The maximum absolute atomic E-state index is 11.8. The van der Waals surface area contributed by atoms with Gasteiger partial charge in [-0.05, 0) is 48.0 Å². The number of hydrogen-bond acceptors (Lipinski definition) is 4. The highest BCUT2D eigenvalue weighted by Crippen LogP contribution is 2.11. The Balaban J connectivity index is 1.90. The molecule has 0 radical (unpaired) electrons. The van der Waals surface area contributed by atoms with Gasteiger partial charge in [0, 0.05) is 10.6 Å². The third-order valence-corrected chi connectivity index (χ3v) is 2.96. The molecule has 0 heterocycles. The van der Waals surface area contributed by atoms with Crippen LogP contribution in [0.25, 0.3) is 0 Å². The maximum Gasteiger partial charge on any atom is 0.271 e. The SMILES string of the molecule is NC(=O)COc1ccc(/C=N\NC(=O)c2cccc(Cl)c2)cc1. The number of primary amides is 1. The molecule has 0 bridgehead atoms. The van der Waals surface area contributed by atoms with Gasteiger partial charge in [0.1, 0.15) is 5.75 Å². The van der Waals surface area contributed by atoms with E-state index >= 15 is 0 Å². The second-order valence-corrected chi connectivity index (χ2v) is 4.97. The first-order valence-corrected chi connectivity index (χ1v) is 7.02. The van der Waals surface area contributed by atoms with Gasteiger partial charge in [-0.1, -0.05) is 17.7 Å². The molecule has 0 fully saturated rings. The number of halogens is 1. The minimum Gasteiger partial charge on any atom is -0.484 e. The van der Waals surface area contributed by atoms with Crippen molar-refractivity contribution >= 4 is 29.6 Å². The molecule has 0 saturated heterocycles. The lowest BCUT2D eigenvalue weighted by molar-refractivity contribution is -0.119. The first kappa shape index (κ1) is 16.5. The second kappa shape index (κ2) is 7.95. The summed E-state index contributed by atoms with van der Waals surface area (Å²) in [7, 11) is 0. The summed E-state index contributed by atoms with van der Waals surface area (Å²) in [6, 6.07) is 13.4. The van der Waals surface area contributed by atoms with Crippen molar-refractivity contribution in [3.63, 3.8) is 0 Å². The van der Waals surface area contributed by atoms with Crippen molar-refractivity contribution in [1.82, 2.24) is 5.43 Å². The summed E-state index contributed by atoms with van der Waals surface area (Å²) < 4.78 is 5.13. The zero-order chi connectivity index (χ0) is 16.7. The molecule has 0 aliphatic heterocycles. The zero-order valence-electron chi connectivity index (χ0n) is 12.0. The van der Waals surface area contributed by atoms with E-state index in [-0.39, 0.29) is 12.5 Å². The van der Waals surface area contributed by atoms with Crippen molar-refractivity contribution in [2.45, 2.75) is 0 Å². The molecule has 0 unspecified atom stereocenters. The van der Waals surface area contributed by atoms with Crippen LogP contribution in [0.1, 0.15) is 15.9 Å². The minimum absolute atomic E-state index is 0.177. The van der Waals surface area contributed by atoms with E-state index in [1.807, 2.05) is 0 Å². The van der Waals surface area contributed by atoms with E-state index in [1.54, 1.807) is 48.5 Å². The van der Waals surface area contributed by atoms with E-state index in [0.29, 0.717) is 16.3 Å². The van der Waals surface area contributed by atoms with Gasteiger partial charge in [-0.3, -0.25) is 9.59 Å². The molecule has 2 aromatic rings. The van der Waals surface area contributed by atoms with Crippen LogP contribution in [0, 0.1) is 0 Å². The van der Waals surface area contributed by atoms with E-state index in [4.69, 9.17) is 22.1 Å². The Labute approximate surface area is 137 Å². The highest BCUT2D eigenvalue weighted by Gasteiger charge is 2.03. The number of hydrogen-bond donors (Lipinski definition) is 2. The van der Waals surface area contributed by atoms with E-state index in [2.05, 4.69) is 10.5 Å². The Kier molecular flexibility index (Phi) is 5.71. The van der Waals surface area contributed by atoms with Gasteiger partial charge >= 0.3 is 0 Å². The van der Waals surface area contributed by atoms with Crippen molar-refractivity contribution in [3.05, 3.63) is 64.7 Å². The largest absolute Gasteiger partial charge is 0.484 e. The third kappa shape index (κ3) is 5.44. The summed E-state index contributed by atoms with van der Waals surface area (Å²) in [5.74, 6) is -0.381. The highest BCUT2D eigenvalue weighted by molar-refractivity contribution is 6.30. The smallest absolute Gasteiger partial charge is 0.271 e. The Morgan fingerprint density at radius 3 is 2.61 bits per heavy atom. The van der Waals surface area contributed by atoms with Crippen LogP contribution in [0.15, 0.2) is 53.6 Å². The lowest BCUT2D eigenvalue weighted by Gasteiger charge is -2.03. The number of ether oxygens (including phenoxy) is 1. The highest BCUT2D eigenvalue weighted by atomic mass is 35.5. The number of benzene rings is 2. The lowest BCUT2D eigenvalue weighted by Crippen LogP contribution is -2.20. The van der Waals surface area contributed by atoms with Crippen LogP contribution in [0.3, 0.4) is 0 Å². The summed E-state index contributed by atoms with van der Waals surface area (Å²) in [5.41, 5.74) is 8.57. The molecule has 7 heteroatoms. The average Bonchev–Trinajstić information content (AvgIpc) is 2.54. The lowest BCUT2D eigenvalue weighted by atomic mass is 10.2. The van der Waals surface area contributed by atoms with Crippen molar-refractivity contribution in [2.75, 3.05) is 6.61 Å². The van der Waals surface area contributed by atoms with Crippen LogP contribution in [-0.4, -0.2) is 24.6 Å². The van der Waals surface area contributed by atoms with Gasteiger partial charge in [-0.25, -0.2) is 5.43 Å². The molecule has 0 spiro atoms. The Morgan fingerprint density at radius 2 is 1.96 bits per heavy atom. The molecule has 2 aromatic carbocycles. The zero-order valence-corrected chi connectivity index (χ0v) is 12.8. The summed E-state index contributed by atoms with van der Waals surface area (Å²) in [4.78, 5) is 22.5. The van der Waals surface area contributed by atoms with E-state index in [9.17, 15) is 9.59 Å². The third-order valence-electron chi connectivity index (χ3n) is 2.73. The molecule has 0 aromatic heterocycles. The fraction of sp³-hybridized carbons (Fsp3) is 0.0625. The molecule has 23 heavy (non-hydrogen) atoms. The molecule has 0 atom stereocenters. The van der Waals surface area contributed by atoms with Crippen molar-refractivity contribution in [2.24, 2.45) is 10.8 Å². The van der Waals surface area contributed by atoms with Crippen LogP contribution in [0.5, 0.6) is 5.75 Å². The number of nitrogens with one attached hydrogen (secondary N) is 1. The molecule has 3 N–H and O–H groups in total. The van der Waals surface area contributed by atoms with E-state index in [0.717, 1.165) is 5.56 Å². The fourth-order valence-electron chi connectivity index (χ4n) is 1.66. The summed E-state index contributed by atoms with van der Waals surface area (Å²) >= 11 is 5.82. The first-order valence-electron chi connectivity index (χ1n) is 6.65. The topological polar surface area (TPSA) is 93.8 Å². The number of rotatable bonds is 6. The van der Waals surface area contributed by atoms with Crippen LogP contribution in [-0.2, 0) is 4.79 Å². The molecule has 2 amide bonds. The van der Waals surface area contributed by atoms with Gasteiger partial charge in [0.15, 0.2) is 6.61 Å². The van der Waals surface area contributed by atoms with E-state index < -0.39 is 5.91 Å². The normalized spacial score (nSPS) is 10.5. The van der Waals surface area contributed by atoms with Gasteiger partial charge in [0.05, 0.1) is 6.21 Å². The molecule has 6 nitrogen and oxygen atoms in total. The Hall–Kier alpha value is -2.86. The van der Waals surface area contributed by atoms with Crippen molar-refractivity contribution in [1.29, 1.82) is 0 Å². The molecular weight excluding hydrogens is 318 g/mol. The van der Waals surface area contributed by atoms with Crippen LogP contribution >= 0.6 is 11.6 Å². The van der Waals surface area contributed by atoms with Crippen LogP contribution in [0.2, 0.25) is 5.02 Å². The van der Waals surface area contributed by atoms with Crippen molar-refractivity contribution < 1.29 is 14.3 Å². The predicted octanol–water partition coefficient (Wildman–Crippen LogP) is 1.97. The standard InChI is InChI=1S/C16H14ClN3O3/c17-13-3-1-2-12(8-13)16(22)20-19-9-11-4-6-14(7-5-11)23-10-15(18)21/h1-9H,10H2,(H2,18,21)(H,20,22)/b19-9-. The van der Waals surface area contributed by atoms with Crippen LogP contribution < -0.4 is 15.9 Å². The van der Waals surface area contributed by atoms with Gasteiger partial charge in [0.25, 0.3) is 11.8 Å². The van der Waals surface area contributed by atoms with E-state index in [1.165, 1.54) is 6.21 Å². The van der Waals surface area contributed by atoms with Crippen molar-refractivity contribution in [3.8, 4) is 5.75 Å². The predicted molar refractivity (Wildman–Crippen MR) is 87.6 cm³/mol. The molecule has 2 rings (SSSR count). The number of nitrogens with two attached hydrogens (primary N) is 1. The van der Waals surface area contributed by atoms with Crippen LogP contribution in [0.4, 0.5) is 0 Å². The molecule has 0 aliphatic carbocycles. The number of carbonyl (C=O) groups excluding carboxylic acids is 2. The van der Waals surface area contributed by atoms with Gasteiger partial charge in [0.2, 0.25) is 0 Å². The fourth-order valence-corrected chi connectivity index (χ4v) is 1.85. The summed E-state index contributed by atoms with van der Waals surface area (Å²) in [5, 5.41) is 4.35. The average molecular weight is 332 g/mol.